The summed E-state index contributed by atoms with van der Waals surface area (Å²) in [5, 5.41) is 3.60. The summed E-state index contributed by atoms with van der Waals surface area (Å²) in [6.45, 7) is 6.48. The molecule has 0 radical (unpaired) electrons. The van der Waals surface area contributed by atoms with Crippen molar-refractivity contribution >= 4 is 42.4 Å². The second kappa shape index (κ2) is 12.1. The summed E-state index contributed by atoms with van der Waals surface area (Å²) in [4.78, 5) is 12.5. The summed E-state index contributed by atoms with van der Waals surface area (Å²) in [6.07, 6.45) is 1.96. The molecule has 0 saturated carbocycles. The Morgan fingerprint density at radius 2 is 1.37 bits per heavy atom. The maximum atomic E-state index is 14.2. The summed E-state index contributed by atoms with van der Waals surface area (Å²) in [7, 11) is -9.25. The molecule has 8 nitrogen and oxygen atoms in total. The van der Waals surface area contributed by atoms with Gasteiger partial charge in [-0.3, -0.25) is 0 Å². The number of rotatable bonds is 10. The summed E-state index contributed by atoms with van der Waals surface area (Å²) >= 11 is 0. The normalized spacial score (nSPS) is 11.9. The van der Waals surface area contributed by atoms with Crippen LogP contribution in [-0.4, -0.2) is 23.4 Å². The Kier molecular flexibility index (Phi) is 8.43. The van der Waals surface area contributed by atoms with E-state index in [0.717, 1.165) is 36.2 Å². The van der Waals surface area contributed by atoms with Gasteiger partial charge in [0.15, 0.2) is 0 Å². The van der Waals surface area contributed by atoms with Gasteiger partial charge in [-0.15, -0.1) is 0 Å². The van der Waals surface area contributed by atoms with Crippen LogP contribution in [0.3, 0.4) is 0 Å². The highest BCUT2D eigenvalue weighted by molar-refractivity contribution is 8.10. The van der Waals surface area contributed by atoms with Crippen molar-refractivity contribution in [2.45, 2.75) is 43.4 Å². The van der Waals surface area contributed by atoms with E-state index in [0.29, 0.717) is 14.7 Å². The molecule has 1 heterocycles. The molecule has 0 saturated heterocycles. The average molecular weight is 617 g/mol. The van der Waals surface area contributed by atoms with Crippen LogP contribution < -0.4 is 14.7 Å². The minimum absolute atomic E-state index is 0.122. The lowest BCUT2D eigenvalue weighted by Crippen LogP contribution is -2.37. The molecular formula is C33H32N2O6S2. The number of fused-ring (bicyclic) bond motifs is 1. The lowest BCUT2D eigenvalue weighted by molar-refractivity contribution is 0.563. The molecule has 0 amide bonds. The van der Waals surface area contributed by atoms with Crippen molar-refractivity contribution in [2.24, 2.45) is 0 Å². The van der Waals surface area contributed by atoms with Gasteiger partial charge in [0.05, 0.1) is 21.0 Å². The Balaban J connectivity index is 1.67. The minimum atomic E-state index is -4.63. The first kappa shape index (κ1) is 30.1. The predicted molar refractivity (Wildman–Crippen MR) is 171 cm³/mol. The Bertz CT molecular complexity index is 2050. The van der Waals surface area contributed by atoms with E-state index in [1.54, 1.807) is 42.5 Å². The molecule has 0 spiro atoms. The highest BCUT2D eigenvalue weighted by Crippen LogP contribution is 2.34. The highest BCUT2D eigenvalue weighted by atomic mass is 32.3. The quantitative estimate of drug-likeness (QED) is 0.135. The molecule has 0 unspecified atom stereocenters. The Labute approximate surface area is 251 Å². The van der Waals surface area contributed by atoms with Crippen molar-refractivity contribution in [1.82, 2.24) is 0 Å². The SMILES string of the molecule is CCCCNc1ccc(S(=O)(=O)N(c2ccc3oc(=O)c(-c4ccccc4C)cc3c2)S(=O)(=O)c2ccc(C)cc2)cc1. The number of benzene rings is 4. The monoisotopic (exact) mass is 616 g/mol. The van der Waals surface area contributed by atoms with Crippen LogP contribution in [0.15, 0.2) is 116 Å². The van der Waals surface area contributed by atoms with Crippen molar-refractivity contribution in [3.8, 4) is 11.1 Å². The summed E-state index contributed by atoms with van der Waals surface area (Å²) in [5.41, 5.74) is 2.86. The number of hydrogen-bond acceptors (Lipinski definition) is 7. The zero-order chi connectivity index (χ0) is 30.8. The number of hydrogen-bond donors (Lipinski definition) is 1. The third-order valence-electron chi connectivity index (χ3n) is 7.13. The van der Waals surface area contributed by atoms with E-state index in [9.17, 15) is 21.6 Å². The van der Waals surface area contributed by atoms with E-state index in [2.05, 4.69) is 12.2 Å². The summed E-state index contributed by atoms with van der Waals surface area (Å²) < 4.78 is 62.5. The second-order valence-electron chi connectivity index (χ2n) is 10.3. The molecule has 0 aliphatic carbocycles. The highest BCUT2D eigenvalue weighted by Gasteiger charge is 2.37. The third kappa shape index (κ3) is 6.07. The van der Waals surface area contributed by atoms with Crippen molar-refractivity contribution in [1.29, 1.82) is 0 Å². The first-order valence-corrected chi connectivity index (χ1v) is 16.8. The summed E-state index contributed by atoms with van der Waals surface area (Å²) in [6, 6.07) is 25.0. The van der Waals surface area contributed by atoms with Crippen LogP contribution in [-0.2, 0) is 20.0 Å². The van der Waals surface area contributed by atoms with Crippen LogP contribution in [0.25, 0.3) is 22.1 Å². The molecule has 10 heteroatoms. The van der Waals surface area contributed by atoms with Crippen molar-refractivity contribution in [3.05, 3.63) is 119 Å². The van der Waals surface area contributed by atoms with Gasteiger partial charge in [-0.25, -0.2) is 21.6 Å². The number of sulfonamides is 2. The van der Waals surface area contributed by atoms with Crippen LogP contribution in [0, 0.1) is 13.8 Å². The molecule has 0 aliphatic rings. The number of aryl methyl sites for hydroxylation is 2. The van der Waals surface area contributed by atoms with E-state index in [1.807, 2.05) is 26.0 Å². The van der Waals surface area contributed by atoms with Gasteiger partial charge in [0.2, 0.25) is 0 Å². The maximum Gasteiger partial charge on any atom is 0.344 e. The number of nitrogens with one attached hydrogen (secondary N) is 1. The van der Waals surface area contributed by atoms with Gasteiger partial charge in [0, 0.05) is 17.6 Å². The Morgan fingerprint density at radius 3 is 2.00 bits per heavy atom. The number of unbranched alkanes of at least 4 members (excludes halogenated alkanes) is 1. The first-order valence-electron chi connectivity index (χ1n) is 13.9. The molecule has 5 rings (SSSR count). The third-order valence-corrected chi connectivity index (χ3v) is 11.3. The molecular weight excluding hydrogens is 585 g/mol. The Hall–Kier alpha value is -4.41. The van der Waals surface area contributed by atoms with Crippen molar-refractivity contribution < 1.29 is 21.3 Å². The topological polar surface area (TPSA) is 114 Å². The van der Waals surface area contributed by atoms with Crippen LogP contribution >= 0.6 is 0 Å². The van der Waals surface area contributed by atoms with E-state index >= 15 is 0 Å². The smallest absolute Gasteiger partial charge is 0.344 e. The standard InChI is InChI=1S/C33H32N2O6S2/c1-4-5-20-34-26-12-17-29(18-13-26)43(39,40)35(42(37,38)28-15-10-23(2)11-16-28)27-14-19-32-25(21-27)22-31(33(36)41-32)30-9-7-6-8-24(30)3/h6-19,21-22,34H,4-5,20H2,1-3H3. The predicted octanol–water partition coefficient (Wildman–Crippen LogP) is 6.87. The van der Waals surface area contributed by atoms with Crippen molar-refractivity contribution in [2.75, 3.05) is 15.6 Å². The van der Waals surface area contributed by atoms with Gasteiger partial charge in [-0.05, 0) is 92.1 Å². The van der Waals surface area contributed by atoms with E-state index < -0.39 is 25.7 Å². The molecule has 0 atom stereocenters. The zero-order valence-electron chi connectivity index (χ0n) is 24.1. The fourth-order valence-electron chi connectivity index (χ4n) is 4.75. The van der Waals surface area contributed by atoms with Gasteiger partial charge < -0.3 is 9.73 Å². The molecule has 1 aromatic heterocycles. The van der Waals surface area contributed by atoms with Crippen LogP contribution in [0.1, 0.15) is 30.9 Å². The molecule has 0 bridgehead atoms. The van der Waals surface area contributed by atoms with Gasteiger partial charge in [0.25, 0.3) is 20.0 Å². The van der Waals surface area contributed by atoms with Crippen LogP contribution in [0.4, 0.5) is 11.4 Å². The van der Waals surface area contributed by atoms with Gasteiger partial charge in [0.1, 0.15) is 5.58 Å². The Morgan fingerprint density at radius 1 is 0.744 bits per heavy atom. The average Bonchev–Trinajstić information content (AvgIpc) is 2.98. The van der Waals surface area contributed by atoms with Gasteiger partial charge >= 0.3 is 5.63 Å². The molecule has 4 aromatic carbocycles. The maximum absolute atomic E-state index is 14.2. The number of nitrogens with zero attached hydrogens (tertiary/aromatic N) is 1. The van der Waals surface area contributed by atoms with Crippen LogP contribution in [0.5, 0.6) is 0 Å². The minimum Gasteiger partial charge on any atom is -0.422 e. The van der Waals surface area contributed by atoms with E-state index in [4.69, 9.17) is 4.42 Å². The largest absolute Gasteiger partial charge is 0.422 e. The van der Waals surface area contributed by atoms with Crippen molar-refractivity contribution in [3.63, 3.8) is 0 Å². The fourth-order valence-corrected chi connectivity index (χ4v) is 8.42. The fraction of sp³-hybridized carbons (Fsp3) is 0.182. The molecule has 1 N–H and O–H groups in total. The molecule has 5 aromatic rings. The number of anilines is 2. The van der Waals surface area contributed by atoms with E-state index in [1.165, 1.54) is 42.5 Å². The lowest BCUT2D eigenvalue weighted by atomic mass is 10.0. The second-order valence-corrected chi connectivity index (χ2v) is 14.1. The van der Waals surface area contributed by atoms with Crippen LogP contribution in [0.2, 0.25) is 0 Å². The first-order chi connectivity index (χ1) is 20.5. The molecule has 43 heavy (non-hydrogen) atoms. The zero-order valence-corrected chi connectivity index (χ0v) is 25.7. The van der Waals surface area contributed by atoms with Gasteiger partial charge in [-0.1, -0.05) is 55.3 Å². The van der Waals surface area contributed by atoms with Gasteiger partial charge in [-0.2, -0.15) is 3.71 Å². The molecule has 0 fully saturated rings. The summed E-state index contributed by atoms with van der Waals surface area (Å²) in [5.74, 6) is 0. The van der Waals surface area contributed by atoms with E-state index in [-0.39, 0.29) is 26.6 Å². The lowest BCUT2D eigenvalue weighted by Gasteiger charge is -2.24. The molecule has 222 valence electrons. The molecule has 0 aliphatic heterocycles.